The molecule has 1 aliphatic heterocycles. The van der Waals surface area contributed by atoms with Gasteiger partial charge in [0.1, 0.15) is 0 Å². The molecule has 3 rings (SSSR count). The molecule has 23 heavy (non-hydrogen) atoms. The molecule has 1 amide bonds. The Morgan fingerprint density at radius 3 is 2.65 bits per heavy atom. The van der Waals surface area contributed by atoms with E-state index in [2.05, 4.69) is 37.4 Å². The Bertz CT molecular complexity index is 725. The van der Waals surface area contributed by atoms with Crippen molar-refractivity contribution in [1.29, 1.82) is 0 Å². The van der Waals surface area contributed by atoms with Crippen molar-refractivity contribution in [2.75, 3.05) is 6.54 Å². The molecule has 5 heteroatoms. The fraction of sp³-hybridized carbons (Fsp3) is 0.556. The molecule has 0 N–H and O–H groups in total. The number of hydrogen-bond acceptors (Lipinski definition) is 2. The van der Waals surface area contributed by atoms with Gasteiger partial charge in [-0.2, -0.15) is 5.10 Å². The summed E-state index contributed by atoms with van der Waals surface area (Å²) < 4.78 is 4.04. The minimum atomic E-state index is 0.149. The van der Waals surface area contributed by atoms with Gasteiger partial charge in [0.25, 0.3) is 5.91 Å². The SMILES string of the molecule is Cc1cc(C(=O)N2CCC[C@@H]2c2cnn(C)c2)c(C)n1C(C)C. The quantitative estimate of drug-likeness (QED) is 0.871. The molecular formula is C18H26N4O. The lowest BCUT2D eigenvalue weighted by atomic mass is 10.1. The van der Waals surface area contributed by atoms with Crippen LogP contribution in [0.1, 0.15) is 66.1 Å². The van der Waals surface area contributed by atoms with Crippen molar-refractivity contribution in [3.05, 3.63) is 41.0 Å². The maximum Gasteiger partial charge on any atom is 0.256 e. The highest BCUT2D eigenvalue weighted by atomic mass is 16.2. The maximum absolute atomic E-state index is 13.1. The van der Waals surface area contributed by atoms with Gasteiger partial charge in [0.15, 0.2) is 0 Å². The van der Waals surface area contributed by atoms with E-state index in [0.717, 1.165) is 41.9 Å². The van der Waals surface area contributed by atoms with Gasteiger partial charge < -0.3 is 9.47 Å². The highest BCUT2D eigenvalue weighted by molar-refractivity contribution is 5.96. The molecule has 2 aromatic rings. The second-order valence-electron chi connectivity index (χ2n) is 6.85. The number of carbonyl (C=O) groups is 1. The smallest absolute Gasteiger partial charge is 0.256 e. The van der Waals surface area contributed by atoms with Crippen molar-refractivity contribution >= 4 is 5.91 Å². The molecular weight excluding hydrogens is 288 g/mol. The summed E-state index contributed by atoms with van der Waals surface area (Å²) in [5.41, 5.74) is 4.19. The Hall–Kier alpha value is -2.04. The summed E-state index contributed by atoms with van der Waals surface area (Å²) in [4.78, 5) is 15.1. The summed E-state index contributed by atoms with van der Waals surface area (Å²) >= 11 is 0. The molecule has 1 aliphatic rings. The topological polar surface area (TPSA) is 43.1 Å². The Morgan fingerprint density at radius 2 is 2.09 bits per heavy atom. The Labute approximate surface area is 137 Å². The van der Waals surface area contributed by atoms with Gasteiger partial charge >= 0.3 is 0 Å². The number of likely N-dealkylation sites (tertiary alicyclic amines) is 1. The number of aryl methyl sites for hydroxylation is 2. The van der Waals surface area contributed by atoms with Crippen molar-refractivity contribution in [2.45, 2.75) is 52.6 Å². The van der Waals surface area contributed by atoms with Crippen LogP contribution >= 0.6 is 0 Å². The first-order valence-corrected chi connectivity index (χ1v) is 8.38. The van der Waals surface area contributed by atoms with E-state index in [4.69, 9.17) is 0 Å². The fourth-order valence-corrected chi connectivity index (χ4v) is 3.91. The van der Waals surface area contributed by atoms with Crippen LogP contribution in [0.2, 0.25) is 0 Å². The van der Waals surface area contributed by atoms with Crippen LogP contribution in [-0.4, -0.2) is 31.7 Å². The zero-order chi connectivity index (χ0) is 16.7. The molecule has 0 aromatic carbocycles. The first kappa shape index (κ1) is 15.8. The summed E-state index contributed by atoms with van der Waals surface area (Å²) in [7, 11) is 1.92. The number of aromatic nitrogens is 3. The lowest BCUT2D eigenvalue weighted by Gasteiger charge is -2.24. The normalized spacial score (nSPS) is 18.2. The second-order valence-corrected chi connectivity index (χ2v) is 6.85. The fourth-order valence-electron chi connectivity index (χ4n) is 3.91. The van der Waals surface area contributed by atoms with Gasteiger partial charge in [-0.15, -0.1) is 0 Å². The van der Waals surface area contributed by atoms with E-state index < -0.39 is 0 Å². The zero-order valence-corrected chi connectivity index (χ0v) is 14.7. The van der Waals surface area contributed by atoms with Gasteiger partial charge in [-0.3, -0.25) is 9.48 Å². The van der Waals surface area contributed by atoms with Gasteiger partial charge in [0.05, 0.1) is 17.8 Å². The predicted molar refractivity (Wildman–Crippen MR) is 90.5 cm³/mol. The molecule has 0 radical (unpaired) electrons. The summed E-state index contributed by atoms with van der Waals surface area (Å²) in [5, 5.41) is 4.26. The third-order valence-electron chi connectivity index (χ3n) is 4.85. The van der Waals surface area contributed by atoms with E-state index in [1.54, 1.807) is 4.68 Å². The lowest BCUT2D eigenvalue weighted by Crippen LogP contribution is -2.30. The minimum Gasteiger partial charge on any atom is -0.346 e. The van der Waals surface area contributed by atoms with E-state index in [9.17, 15) is 4.79 Å². The van der Waals surface area contributed by atoms with Crippen LogP contribution in [0.5, 0.6) is 0 Å². The molecule has 0 spiro atoms. The molecule has 0 bridgehead atoms. The minimum absolute atomic E-state index is 0.149. The number of nitrogens with zero attached hydrogens (tertiary/aromatic N) is 4. The van der Waals surface area contributed by atoms with Crippen LogP contribution < -0.4 is 0 Å². The predicted octanol–water partition coefficient (Wildman–Crippen LogP) is 3.40. The maximum atomic E-state index is 13.1. The summed E-state index contributed by atoms with van der Waals surface area (Å²) in [6.07, 6.45) is 5.97. The third kappa shape index (κ3) is 2.69. The average Bonchev–Trinajstić information content (AvgIpc) is 3.16. The molecule has 1 saturated heterocycles. The average molecular weight is 314 g/mol. The molecule has 0 saturated carbocycles. The van der Waals surface area contributed by atoms with Crippen molar-refractivity contribution in [3.63, 3.8) is 0 Å². The van der Waals surface area contributed by atoms with Gasteiger partial charge in [0, 0.05) is 42.8 Å². The molecule has 0 unspecified atom stereocenters. The van der Waals surface area contributed by atoms with Crippen molar-refractivity contribution in [3.8, 4) is 0 Å². The van der Waals surface area contributed by atoms with Crippen molar-refractivity contribution < 1.29 is 4.79 Å². The standard InChI is InChI=1S/C18H26N4O/c1-12(2)22-13(3)9-16(14(22)4)18(23)21-8-6-7-17(21)15-10-19-20(5)11-15/h9-12,17H,6-8H2,1-5H3/t17-/m1/s1. The number of amides is 1. The number of hydrogen-bond donors (Lipinski definition) is 0. The Balaban J connectivity index is 1.92. The van der Waals surface area contributed by atoms with Crippen LogP contribution in [0, 0.1) is 13.8 Å². The highest BCUT2D eigenvalue weighted by Crippen LogP contribution is 2.34. The zero-order valence-electron chi connectivity index (χ0n) is 14.7. The Kier molecular flexibility index (Phi) is 4.04. The van der Waals surface area contributed by atoms with Gasteiger partial charge in [0.2, 0.25) is 0 Å². The van der Waals surface area contributed by atoms with Crippen LogP contribution in [0.25, 0.3) is 0 Å². The molecule has 124 valence electrons. The van der Waals surface area contributed by atoms with Gasteiger partial charge in [-0.05, 0) is 46.6 Å². The largest absolute Gasteiger partial charge is 0.346 e. The summed E-state index contributed by atoms with van der Waals surface area (Å²) in [5.74, 6) is 0.149. The van der Waals surface area contributed by atoms with Crippen molar-refractivity contribution in [2.24, 2.45) is 7.05 Å². The van der Waals surface area contributed by atoms with Crippen LogP contribution in [0.15, 0.2) is 18.5 Å². The molecule has 5 nitrogen and oxygen atoms in total. The Morgan fingerprint density at radius 1 is 1.35 bits per heavy atom. The van der Waals surface area contributed by atoms with Gasteiger partial charge in [-0.1, -0.05) is 0 Å². The lowest BCUT2D eigenvalue weighted by molar-refractivity contribution is 0.0734. The molecule has 0 aliphatic carbocycles. The number of rotatable bonds is 3. The van der Waals surface area contributed by atoms with E-state index in [1.807, 2.05) is 30.4 Å². The highest BCUT2D eigenvalue weighted by Gasteiger charge is 2.33. The van der Waals surface area contributed by atoms with E-state index in [-0.39, 0.29) is 11.9 Å². The molecule has 3 heterocycles. The third-order valence-corrected chi connectivity index (χ3v) is 4.85. The molecule has 1 atom stereocenters. The summed E-state index contributed by atoms with van der Waals surface area (Å²) in [6.45, 7) is 9.26. The van der Waals surface area contributed by atoms with E-state index >= 15 is 0 Å². The summed E-state index contributed by atoms with van der Waals surface area (Å²) in [6, 6.07) is 2.55. The van der Waals surface area contributed by atoms with E-state index in [0.29, 0.717) is 6.04 Å². The van der Waals surface area contributed by atoms with E-state index in [1.165, 1.54) is 0 Å². The van der Waals surface area contributed by atoms with Crippen molar-refractivity contribution in [1.82, 2.24) is 19.2 Å². The van der Waals surface area contributed by atoms with Crippen LogP contribution in [0.3, 0.4) is 0 Å². The number of carbonyl (C=O) groups excluding carboxylic acids is 1. The van der Waals surface area contributed by atoms with Crippen LogP contribution in [-0.2, 0) is 7.05 Å². The second kappa shape index (κ2) is 5.87. The van der Waals surface area contributed by atoms with Gasteiger partial charge in [-0.25, -0.2) is 0 Å². The first-order valence-electron chi connectivity index (χ1n) is 8.38. The molecule has 2 aromatic heterocycles. The monoisotopic (exact) mass is 314 g/mol. The van der Waals surface area contributed by atoms with Crippen LogP contribution in [0.4, 0.5) is 0 Å². The first-order chi connectivity index (χ1) is 10.9. The molecule has 1 fully saturated rings.